The Labute approximate surface area is 93.8 Å². The molecule has 15 heavy (non-hydrogen) atoms. The topological polar surface area (TPSA) is 29.4 Å². The Balaban J connectivity index is 2.49. The van der Waals surface area contributed by atoms with E-state index in [2.05, 4.69) is 4.36 Å². The number of rotatable bonds is 2. The molecule has 0 fully saturated rings. The molecule has 2 aromatic rings. The summed E-state index contributed by atoms with van der Waals surface area (Å²) in [5.41, 5.74) is 0. The predicted octanol–water partition coefficient (Wildman–Crippen LogP) is 3.54. The molecule has 0 bridgehead atoms. The first-order valence-electron chi connectivity index (χ1n) is 4.49. The lowest BCUT2D eigenvalue weighted by Crippen LogP contribution is -1.95. The van der Waals surface area contributed by atoms with Gasteiger partial charge in [0.05, 0.1) is 9.73 Å². The predicted molar refractivity (Wildman–Crippen MR) is 65.2 cm³/mol. The fraction of sp³-hybridized carbons (Fsp3) is 0.0909. The van der Waals surface area contributed by atoms with Gasteiger partial charge in [0.25, 0.3) is 0 Å². The van der Waals surface area contributed by atoms with Gasteiger partial charge in [-0.1, -0.05) is 18.2 Å². The van der Waals surface area contributed by atoms with Crippen molar-refractivity contribution in [3.8, 4) is 0 Å². The van der Waals surface area contributed by atoms with E-state index in [1.165, 1.54) is 11.3 Å². The molecule has 0 N–H and O–H groups in total. The minimum atomic E-state index is -2.30. The van der Waals surface area contributed by atoms with E-state index in [1.807, 2.05) is 47.8 Å². The van der Waals surface area contributed by atoms with Crippen LogP contribution in [-0.4, -0.2) is 10.5 Å². The lowest BCUT2D eigenvalue weighted by Gasteiger charge is -2.02. The minimum Gasteiger partial charge on any atom is -0.245 e. The molecule has 1 aromatic heterocycles. The lowest BCUT2D eigenvalue weighted by molar-refractivity contribution is 0.681. The Bertz CT molecular complexity index is 537. The van der Waals surface area contributed by atoms with Crippen LogP contribution in [-0.2, 0) is 9.73 Å². The first-order valence-corrected chi connectivity index (χ1v) is 7.29. The van der Waals surface area contributed by atoms with Gasteiger partial charge in [-0.25, -0.2) is 4.21 Å². The molecule has 0 unspecified atom stereocenters. The van der Waals surface area contributed by atoms with E-state index in [0.717, 1.165) is 9.90 Å². The summed E-state index contributed by atoms with van der Waals surface area (Å²) in [5, 5.41) is 2.74. The van der Waals surface area contributed by atoms with E-state index in [9.17, 15) is 4.21 Å². The van der Waals surface area contributed by atoms with Crippen molar-refractivity contribution < 1.29 is 4.21 Å². The smallest absolute Gasteiger partial charge is 0.126 e. The van der Waals surface area contributed by atoms with E-state index in [1.54, 1.807) is 6.26 Å². The van der Waals surface area contributed by atoms with Gasteiger partial charge < -0.3 is 0 Å². The van der Waals surface area contributed by atoms with Gasteiger partial charge in [-0.15, -0.1) is 11.3 Å². The molecule has 0 saturated carbocycles. The van der Waals surface area contributed by atoms with Crippen LogP contribution < -0.4 is 0 Å². The van der Waals surface area contributed by atoms with Crippen molar-refractivity contribution in [2.45, 2.75) is 4.90 Å². The first kappa shape index (κ1) is 10.4. The molecule has 1 heterocycles. The molecule has 0 radical (unpaired) electrons. The largest absolute Gasteiger partial charge is 0.245 e. The number of hydrogen-bond donors (Lipinski definition) is 0. The summed E-state index contributed by atoms with van der Waals surface area (Å²) >= 11 is 1.50. The zero-order valence-corrected chi connectivity index (χ0v) is 9.92. The summed E-state index contributed by atoms with van der Waals surface area (Å²) in [6.45, 7) is 0. The van der Waals surface area contributed by atoms with Crippen molar-refractivity contribution in [2.75, 3.05) is 6.26 Å². The van der Waals surface area contributed by atoms with Gasteiger partial charge in [0.2, 0.25) is 0 Å². The van der Waals surface area contributed by atoms with Gasteiger partial charge in [-0.05, 0) is 29.6 Å². The molecule has 0 aliphatic carbocycles. The molecule has 2 nitrogen and oxygen atoms in total. The average Bonchev–Trinajstić information content (AvgIpc) is 2.71. The fourth-order valence-corrected chi connectivity index (χ4v) is 3.44. The molecule has 1 atom stereocenters. The highest BCUT2D eigenvalue weighted by atomic mass is 32.2. The van der Waals surface area contributed by atoms with E-state index in [0.29, 0.717) is 0 Å². The standard InChI is InChI=1S/C11H11NOS2/c1-15(13,10-6-3-2-4-7-10)12-11-8-5-9-14-11/h2-9H,1H3/t15-/m0/s1. The first-order chi connectivity index (χ1) is 7.18. The molecule has 0 spiro atoms. The van der Waals surface area contributed by atoms with Crippen molar-refractivity contribution in [3.63, 3.8) is 0 Å². The van der Waals surface area contributed by atoms with Crippen LogP contribution in [0.25, 0.3) is 0 Å². The zero-order chi connectivity index (χ0) is 10.7. The fourth-order valence-electron chi connectivity index (χ4n) is 1.22. The van der Waals surface area contributed by atoms with Gasteiger partial charge in [0.1, 0.15) is 5.00 Å². The summed E-state index contributed by atoms with van der Waals surface area (Å²) in [7, 11) is -2.30. The zero-order valence-electron chi connectivity index (χ0n) is 8.29. The van der Waals surface area contributed by atoms with Crippen LogP contribution >= 0.6 is 11.3 Å². The SMILES string of the molecule is C[S@@](=O)(=Nc1cccs1)c1ccccc1. The van der Waals surface area contributed by atoms with Gasteiger partial charge in [0.15, 0.2) is 0 Å². The minimum absolute atomic E-state index is 0.776. The number of thiophene rings is 1. The van der Waals surface area contributed by atoms with Crippen molar-refractivity contribution in [3.05, 3.63) is 47.8 Å². The number of nitrogens with zero attached hydrogens (tertiary/aromatic N) is 1. The van der Waals surface area contributed by atoms with Gasteiger partial charge >= 0.3 is 0 Å². The quantitative estimate of drug-likeness (QED) is 0.785. The average molecular weight is 237 g/mol. The maximum atomic E-state index is 12.3. The van der Waals surface area contributed by atoms with E-state index < -0.39 is 9.73 Å². The molecule has 0 amide bonds. The summed E-state index contributed by atoms with van der Waals surface area (Å²) in [6, 6.07) is 13.1. The molecule has 0 saturated heterocycles. The Morgan fingerprint density at radius 1 is 1.13 bits per heavy atom. The van der Waals surface area contributed by atoms with Crippen LogP contribution in [0.2, 0.25) is 0 Å². The van der Waals surface area contributed by atoms with Gasteiger partial charge in [-0.2, -0.15) is 4.36 Å². The third kappa shape index (κ3) is 2.46. The highest BCUT2D eigenvalue weighted by Gasteiger charge is 2.05. The molecule has 0 aliphatic heterocycles. The van der Waals surface area contributed by atoms with Crippen LogP contribution in [0.5, 0.6) is 0 Å². The van der Waals surface area contributed by atoms with E-state index in [-0.39, 0.29) is 0 Å². The summed E-state index contributed by atoms with van der Waals surface area (Å²) in [6.07, 6.45) is 1.67. The monoisotopic (exact) mass is 237 g/mol. The molecular formula is C11H11NOS2. The van der Waals surface area contributed by atoms with Gasteiger partial charge in [0, 0.05) is 11.2 Å². The van der Waals surface area contributed by atoms with Crippen LogP contribution in [0.4, 0.5) is 5.00 Å². The summed E-state index contributed by atoms with van der Waals surface area (Å²) in [4.78, 5) is 0.776. The maximum Gasteiger partial charge on any atom is 0.126 e. The second kappa shape index (κ2) is 4.16. The normalized spacial score (nSPS) is 14.5. The van der Waals surface area contributed by atoms with Crippen molar-refractivity contribution >= 4 is 26.1 Å². The Morgan fingerprint density at radius 2 is 1.87 bits per heavy atom. The number of hydrogen-bond acceptors (Lipinski definition) is 3. The van der Waals surface area contributed by atoms with Gasteiger partial charge in [-0.3, -0.25) is 0 Å². The molecule has 0 aliphatic rings. The molecule has 2 rings (SSSR count). The maximum absolute atomic E-state index is 12.3. The highest BCUT2D eigenvalue weighted by Crippen LogP contribution is 2.23. The summed E-state index contributed by atoms with van der Waals surface area (Å²) in [5.74, 6) is 0. The van der Waals surface area contributed by atoms with Crippen molar-refractivity contribution in [1.82, 2.24) is 0 Å². The Morgan fingerprint density at radius 3 is 2.47 bits per heavy atom. The molecular weight excluding hydrogens is 226 g/mol. The van der Waals surface area contributed by atoms with Crippen molar-refractivity contribution in [2.24, 2.45) is 4.36 Å². The Kier molecular flexibility index (Phi) is 2.88. The molecule has 1 aromatic carbocycles. The highest BCUT2D eigenvalue weighted by molar-refractivity contribution is 7.93. The third-order valence-corrected chi connectivity index (χ3v) is 4.52. The van der Waals surface area contributed by atoms with Crippen LogP contribution in [0.15, 0.2) is 57.1 Å². The van der Waals surface area contributed by atoms with E-state index in [4.69, 9.17) is 0 Å². The summed E-state index contributed by atoms with van der Waals surface area (Å²) < 4.78 is 16.6. The second-order valence-electron chi connectivity index (χ2n) is 3.16. The molecule has 4 heteroatoms. The van der Waals surface area contributed by atoms with E-state index >= 15 is 0 Å². The Hall–Kier alpha value is -1.13. The number of benzene rings is 1. The van der Waals surface area contributed by atoms with Crippen LogP contribution in [0.1, 0.15) is 0 Å². The molecule has 78 valence electrons. The lowest BCUT2D eigenvalue weighted by atomic mass is 10.4. The van der Waals surface area contributed by atoms with Crippen molar-refractivity contribution in [1.29, 1.82) is 0 Å². The second-order valence-corrected chi connectivity index (χ2v) is 6.34. The van der Waals surface area contributed by atoms with Crippen LogP contribution in [0.3, 0.4) is 0 Å². The third-order valence-electron chi connectivity index (χ3n) is 1.95. The van der Waals surface area contributed by atoms with Crippen LogP contribution in [0, 0.1) is 0 Å².